The Kier molecular flexibility index (Phi) is 5.62. The van der Waals surface area contributed by atoms with E-state index in [1.165, 1.54) is 0 Å². The Morgan fingerprint density at radius 1 is 1.15 bits per heavy atom. The summed E-state index contributed by atoms with van der Waals surface area (Å²) in [5.41, 5.74) is 0.687. The summed E-state index contributed by atoms with van der Waals surface area (Å²) >= 11 is 0. The standard InChI is InChI=1S/C9H8O3.Na/c10-8(9(11)12)6-7-4-2-1-3-5-7;/h1-5H,6H2,(H,11,12);/q;+1/p-1. The maximum Gasteiger partial charge on any atom is 1.00 e. The summed E-state index contributed by atoms with van der Waals surface area (Å²) in [5, 5.41) is 10.0. The first-order valence-electron chi connectivity index (χ1n) is 3.48. The Labute approximate surface area is 98.1 Å². The van der Waals surface area contributed by atoms with Crippen LogP contribution < -0.4 is 34.7 Å². The van der Waals surface area contributed by atoms with Gasteiger partial charge in [-0.25, -0.2) is 0 Å². The van der Waals surface area contributed by atoms with Crippen molar-refractivity contribution in [2.75, 3.05) is 0 Å². The molecule has 3 nitrogen and oxygen atoms in total. The first-order chi connectivity index (χ1) is 5.70. The fourth-order valence-electron chi connectivity index (χ4n) is 0.853. The van der Waals surface area contributed by atoms with Gasteiger partial charge in [-0.15, -0.1) is 0 Å². The van der Waals surface area contributed by atoms with Crippen LogP contribution >= 0.6 is 0 Å². The van der Waals surface area contributed by atoms with E-state index in [0.29, 0.717) is 5.56 Å². The van der Waals surface area contributed by atoms with E-state index in [1.807, 2.05) is 0 Å². The average Bonchev–Trinajstić information content (AvgIpc) is 2.06. The Bertz CT molecular complexity index is 295. The van der Waals surface area contributed by atoms with Crippen LogP contribution in [0.15, 0.2) is 30.3 Å². The van der Waals surface area contributed by atoms with Gasteiger partial charge in [-0.05, 0) is 5.56 Å². The third-order valence-corrected chi connectivity index (χ3v) is 1.44. The maximum absolute atomic E-state index is 10.7. The number of aliphatic carboxylic acids is 1. The number of hydrogen-bond donors (Lipinski definition) is 0. The summed E-state index contributed by atoms with van der Waals surface area (Å²) in [6.07, 6.45) is -0.0941. The van der Waals surface area contributed by atoms with Crippen LogP contribution in [-0.2, 0) is 16.0 Å². The molecule has 0 aliphatic carbocycles. The number of ketones is 1. The molecule has 0 fully saturated rings. The van der Waals surface area contributed by atoms with Crippen LogP contribution in [0.25, 0.3) is 0 Å². The minimum absolute atomic E-state index is 0. The molecule has 0 saturated carbocycles. The zero-order valence-corrected chi connectivity index (χ0v) is 9.32. The van der Waals surface area contributed by atoms with Crippen molar-refractivity contribution in [2.45, 2.75) is 6.42 Å². The van der Waals surface area contributed by atoms with Crippen LogP contribution in [0.5, 0.6) is 0 Å². The van der Waals surface area contributed by atoms with E-state index < -0.39 is 11.8 Å². The number of carbonyl (C=O) groups excluding carboxylic acids is 2. The summed E-state index contributed by atoms with van der Waals surface area (Å²) in [4.78, 5) is 20.7. The number of rotatable bonds is 3. The van der Waals surface area contributed by atoms with Crippen molar-refractivity contribution in [3.8, 4) is 0 Å². The fraction of sp³-hybridized carbons (Fsp3) is 0.111. The smallest absolute Gasteiger partial charge is 0.542 e. The molecule has 0 saturated heterocycles. The van der Waals surface area contributed by atoms with Gasteiger partial charge in [0.1, 0.15) is 5.97 Å². The van der Waals surface area contributed by atoms with Gasteiger partial charge in [-0.2, -0.15) is 0 Å². The fourth-order valence-corrected chi connectivity index (χ4v) is 0.853. The molecular weight excluding hydrogens is 179 g/mol. The van der Waals surface area contributed by atoms with Crippen LogP contribution in [0.3, 0.4) is 0 Å². The predicted molar refractivity (Wildman–Crippen MR) is 40.2 cm³/mol. The molecule has 0 radical (unpaired) electrons. The Hall–Kier alpha value is -0.640. The van der Waals surface area contributed by atoms with E-state index in [9.17, 15) is 14.7 Å². The molecule has 13 heavy (non-hydrogen) atoms. The maximum atomic E-state index is 10.7. The molecule has 0 heterocycles. The molecule has 0 atom stereocenters. The van der Waals surface area contributed by atoms with Crippen molar-refractivity contribution in [1.82, 2.24) is 0 Å². The molecule has 0 aromatic heterocycles. The minimum Gasteiger partial charge on any atom is -0.542 e. The molecule has 1 rings (SSSR count). The third-order valence-electron chi connectivity index (χ3n) is 1.44. The van der Waals surface area contributed by atoms with Crippen LogP contribution in [0, 0.1) is 0 Å². The van der Waals surface area contributed by atoms with Crippen molar-refractivity contribution in [1.29, 1.82) is 0 Å². The Morgan fingerprint density at radius 2 is 1.69 bits per heavy atom. The van der Waals surface area contributed by atoms with Crippen LogP contribution in [-0.4, -0.2) is 11.8 Å². The second kappa shape index (κ2) is 5.91. The van der Waals surface area contributed by atoms with Crippen LogP contribution in [0.2, 0.25) is 0 Å². The molecule has 0 spiro atoms. The summed E-state index contributed by atoms with van der Waals surface area (Å²) in [6.45, 7) is 0. The topological polar surface area (TPSA) is 57.2 Å². The molecule has 0 amide bonds. The average molecular weight is 186 g/mol. The number of Topliss-reactive ketones (excluding diaryl/α,β-unsaturated/α-hetero) is 1. The first-order valence-corrected chi connectivity index (χ1v) is 3.48. The number of hydrogen-bond acceptors (Lipinski definition) is 3. The molecule has 0 aliphatic rings. The van der Waals surface area contributed by atoms with Crippen LogP contribution in [0.1, 0.15) is 5.56 Å². The van der Waals surface area contributed by atoms with E-state index in [1.54, 1.807) is 30.3 Å². The van der Waals surface area contributed by atoms with Gasteiger partial charge in [0.05, 0.1) is 0 Å². The van der Waals surface area contributed by atoms with E-state index in [0.717, 1.165) is 0 Å². The molecule has 0 N–H and O–H groups in total. The van der Waals surface area contributed by atoms with Gasteiger partial charge in [-0.1, -0.05) is 30.3 Å². The van der Waals surface area contributed by atoms with E-state index in [4.69, 9.17) is 0 Å². The number of carboxylic acids is 1. The van der Waals surface area contributed by atoms with Gasteiger partial charge in [0.25, 0.3) is 0 Å². The molecule has 62 valence electrons. The molecule has 0 bridgehead atoms. The number of carboxylic acid groups (broad SMARTS) is 1. The molecular formula is C9H7NaO3. The molecule has 0 unspecified atom stereocenters. The van der Waals surface area contributed by atoms with Gasteiger partial charge >= 0.3 is 29.6 Å². The summed E-state index contributed by atoms with van der Waals surface area (Å²) in [6, 6.07) is 8.68. The van der Waals surface area contributed by atoms with Crippen LogP contribution in [0.4, 0.5) is 0 Å². The largest absolute Gasteiger partial charge is 1.00 e. The quantitative estimate of drug-likeness (QED) is 0.364. The normalized spacial score (nSPS) is 8.62. The third kappa shape index (κ3) is 4.22. The Morgan fingerprint density at radius 3 is 2.15 bits per heavy atom. The molecule has 0 aliphatic heterocycles. The van der Waals surface area contributed by atoms with Crippen molar-refractivity contribution in [3.05, 3.63) is 35.9 Å². The summed E-state index contributed by atoms with van der Waals surface area (Å²) < 4.78 is 0. The predicted octanol–water partition coefficient (Wildman–Crippen LogP) is -3.45. The first kappa shape index (κ1) is 12.4. The molecule has 4 heteroatoms. The van der Waals surface area contributed by atoms with E-state index >= 15 is 0 Å². The number of carbonyl (C=O) groups is 2. The Balaban J connectivity index is 0.00000144. The van der Waals surface area contributed by atoms with Crippen molar-refractivity contribution in [2.24, 2.45) is 0 Å². The zero-order valence-electron chi connectivity index (χ0n) is 7.32. The SMILES string of the molecule is O=C([O-])C(=O)Cc1ccccc1.[Na+]. The zero-order chi connectivity index (χ0) is 8.97. The van der Waals surface area contributed by atoms with Crippen molar-refractivity contribution in [3.63, 3.8) is 0 Å². The minimum atomic E-state index is -1.63. The second-order valence-corrected chi connectivity index (χ2v) is 2.37. The van der Waals surface area contributed by atoms with E-state index in [2.05, 4.69) is 0 Å². The summed E-state index contributed by atoms with van der Waals surface area (Å²) in [7, 11) is 0. The van der Waals surface area contributed by atoms with Gasteiger partial charge in [0, 0.05) is 6.42 Å². The van der Waals surface area contributed by atoms with Crippen molar-refractivity contribution < 1.29 is 44.3 Å². The van der Waals surface area contributed by atoms with Gasteiger partial charge in [0.2, 0.25) is 0 Å². The van der Waals surface area contributed by atoms with Crippen molar-refractivity contribution >= 4 is 11.8 Å². The molecule has 1 aromatic carbocycles. The van der Waals surface area contributed by atoms with E-state index in [-0.39, 0.29) is 36.0 Å². The van der Waals surface area contributed by atoms with Gasteiger partial charge in [0.15, 0.2) is 5.78 Å². The second-order valence-electron chi connectivity index (χ2n) is 2.37. The summed E-state index contributed by atoms with van der Waals surface area (Å²) in [5.74, 6) is -2.51. The monoisotopic (exact) mass is 186 g/mol. The molecule has 1 aromatic rings. The van der Waals surface area contributed by atoms with Gasteiger partial charge in [-0.3, -0.25) is 4.79 Å². The van der Waals surface area contributed by atoms with Gasteiger partial charge < -0.3 is 9.90 Å². The number of benzene rings is 1.